The van der Waals surface area contributed by atoms with E-state index in [0.29, 0.717) is 32.5 Å². The zero-order chi connectivity index (χ0) is 19.3. The van der Waals surface area contributed by atoms with Gasteiger partial charge in [0.15, 0.2) is 5.69 Å². The first kappa shape index (κ1) is 18.3. The van der Waals surface area contributed by atoms with Gasteiger partial charge in [-0.05, 0) is 19.3 Å². The van der Waals surface area contributed by atoms with Crippen molar-refractivity contribution in [2.75, 3.05) is 19.7 Å². The van der Waals surface area contributed by atoms with Crippen molar-refractivity contribution in [2.45, 2.75) is 50.0 Å². The highest BCUT2D eigenvalue weighted by molar-refractivity contribution is 5.97. The molecule has 3 saturated heterocycles. The number of likely N-dealkylation sites (tertiary alicyclic amines) is 2. The second-order valence-corrected chi connectivity index (χ2v) is 7.30. The number of aryl methyl sites for hydroxylation is 1. The largest absolute Gasteiger partial charge is 0.435 e. The number of halogens is 3. The number of carbonyl (C=O) groups is 2. The minimum Gasteiger partial charge on any atom is -0.376 e. The maximum Gasteiger partial charge on any atom is 0.435 e. The third kappa shape index (κ3) is 3.09. The van der Waals surface area contributed by atoms with Crippen molar-refractivity contribution in [1.29, 1.82) is 0 Å². The molecule has 3 aliphatic heterocycles. The van der Waals surface area contributed by atoms with E-state index in [0.717, 1.165) is 23.6 Å². The van der Waals surface area contributed by atoms with E-state index < -0.39 is 23.8 Å². The lowest BCUT2D eigenvalue weighted by atomic mass is 10.1. The van der Waals surface area contributed by atoms with Gasteiger partial charge in [-0.2, -0.15) is 18.3 Å². The van der Waals surface area contributed by atoms with Gasteiger partial charge in [0, 0.05) is 39.2 Å². The summed E-state index contributed by atoms with van der Waals surface area (Å²) in [5, 5.41) is 3.42. The highest BCUT2D eigenvalue weighted by Crippen LogP contribution is 2.37. The van der Waals surface area contributed by atoms with Crippen molar-refractivity contribution in [3.8, 4) is 0 Å². The molecule has 0 N–H and O–H groups in total. The fourth-order valence-electron chi connectivity index (χ4n) is 4.34. The zero-order valence-electron chi connectivity index (χ0n) is 14.9. The van der Waals surface area contributed by atoms with Gasteiger partial charge in [0.05, 0.1) is 12.1 Å². The van der Waals surface area contributed by atoms with Gasteiger partial charge in [-0.3, -0.25) is 14.3 Å². The maximum absolute atomic E-state index is 13.2. The van der Waals surface area contributed by atoms with Gasteiger partial charge in [0.25, 0.3) is 5.91 Å². The molecule has 2 amide bonds. The average molecular weight is 386 g/mol. The van der Waals surface area contributed by atoms with Crippen molar-refractivity contribution < 1.29 is 27.5 Å². The predicted octanol–water partition coefficient (Wildman–Crippen LogP) is 1.43. The van der Waals surface area contributed by atoms with Crippen LogP contribution in [0.25, 0.3) is 0 Å². The van der Waals surface area contributed by atoms with Gasteiger partial charge >= 0.3 is 6.18 Å². The van der Waals surface area contributed by atoms with E-state index in [4.69, 9.17) is 4.74 Å². The molecule has 7 nitrogen and oxygen atoms in total. The second-order valence-electron chi connectivity index (χ2n) is 7.30. The van der Waals surface area contributed by atoms with Gasteiger partial charge in [0.1, 0.15) is 11.7 Å². The Hall–Kier alpha value is -2.10. The fourth-order valence-corrected chi connectivity index (χ4v) is 4.34. The standard InChI is InChI=1S/C17H21F3N4O3/c1-22-11(9-14(21-22)17(18,19)20)16(26)24-10-4-7-27-13(10)8-12(24)15(25)23-5-2-3-6-23/h9-10,12-13H,2-8H2,1H3/t10-,12-,13-/m0/s1. The van der Waals surface area contributed by atoms with Crippen molar-refractivity contribution >= 4 is 11.8 Å². The summed E-state index contributed by atoms with van der Waals surface area (Å²) < 4.78 is 45.5. The number of hydrogen-bond acceptors (Lipinski definition) is 4. The first-order valence-electron chi connectivity index (χ1n) is 9.11. The Morgan fingerprint density at radius 1 is 1.26 bits per heavy atom. The van der Waals surface area contributed by atoms with Crippen LogP contribution in [0.4, 0.5) is 13.2 Å². The van der Waals surface area contributed by atoms with Crippen LogP contribution in [0, 0.1) is 0 Å². The lowest BCUT2D eigenvalue weighted by molar-refractivity contribution is -0.141. The summed E-state index contributed by atoms with van der Waals surface area (Å²) in [4.78, 5) is 29.3. The zero-order valence-corrected chi connectivity index (χ0v) is 14.9. The molecule has 0 spiro atoms. The highest BCUT2D eigenvalue weighted by atomic mass is 19.4. The molecule has 1 aromatic heterocycles. The van der Waals surface area contributed by atoms with Gasteiger partial charge in [-0.25, -0.2) is 0 Å². The number of ether oxygens (including phenoxy) is 1. The maximum atomic E-state index is 13.2. The molecule has 0 saturated carbocycles. The number of rotatable bonds is 2. The van der Waals surface area contributed by atoms with Crippen LogP contribution in [-0.4, -0.2) is 69.3 Å². The monoisotopic (exact) mass is 386 g/mol. The third-order valence-electron chi connectivity index (χ3n) is 5.65. The SMILES string of the molecule is Cn1nc(C(F)(F)F)cc1C(=O)N1[C@H](C(=O)N2CCCC2)C[C@@H]2OCC[C@@H]21. The Morgan fingerprint density at radius 3 is 2.59 bits per heavy atom. The first-order valence-corrected chi connectivity index (χ1v) is 9.11. The van der Waals surface area contributed by atoms with Crippen LogP contribution in [0.15, 0.2) is 6.07 Å². The minimum atomic E-state index is -4.63. The molecule has 4 rings (SSSR count). The van der Waals surface area contributed by atoms with Gasteiger partial charge < -0.3 is 14.5 Å². The molecule has 3 aliphatic rings. The molecule has 1 aromatic rings. The summed E-state index contributed by atoms with van der Waals surface area (Å²) in [6.07, 6.45) is -2.08. The molecule has 0 bridgehead atoms. The van der Waals surface area contributed by atoms with Gasteiger partial charge in [-0.1, -0.05) is 0 Å². The number of fused-ring (bicyclic) bond motifs is 1. The van der Waals surface area contributed by atoms with Gasteiger partial charge in [-0.15, -0.1) is 0 Å². The number of amides is 2. The van der Waals surface area contributed by atoms with Crippen LogP contribution >= 0.6 is 0 Å². The molecular weight excluding hydrogens is 365 g/mol. The summed E-state index contributed by atoms with van der Waals surface area (Å²) in [7, 11) is 1.30. The second kappa shape index (κ2) is 6.50. The lowest BCUT2D eigenvalue weighted by Gasteiger charge is -2.30. The summed E-state index contributed by atoms with van der Waals surface area (Å²) in [5.41, 5.74) is -1.29. The number of nitrogens with zero attached hydrogens (tertiary/aromatic N) is 4. The van der Waals surface area contributed by atoms with Crippen LogP contribution in [0.1, 0.15) is 41.9 Å². The van der Waals surface area contributed by atoms with Crippen molar-refractivity contribution in [3.05, 3.63) is 17.5 Å². The number of alkyl halides is 3. The van der Waals surface area contributed by atoms with E-state index in [1.165, 1.54) is 11.9 Å². The molecule has 0 unspecified atom stereocenters. The minimum absolute atomic E-state index is 0.142. The van der Waals surface area contributed by atoms with E-state index >= 15 is 0 Å². The topological polar surface area (TPSA) is 67.7 Å². The smallest absolute Gasteiger partial charge is 0.376 e. The number of hydrogen-bond donors (Lipinski definition) is 0. The molecule has 3 atom stereocenters. The molecular formula is C17H21F3N4O3. The van der Waals surface area contributed by atoms with Crippen molar-refractivity contribution in [2.24, 2.45) is 7.05 Å². The Morgan fingerprint density at radius 2 is 1.96 bits per heavy atom. The third-order valence-corrected chi connectivity index (χ3v) is 5.65. The van der Waals surface area contributed by atoms with Crippen LogP contribution < -0.4 is 0 Å². The molecule has 0 aromatic carbocycles. The van der Waals surface area contributed by atoms with Crippen molar-refractivity contribution in [1.82, 2.24) is 19.6 Å². The Balaban J connectivity index is 1.65. The van der Waals surface area contributed by atoms with E-state index in [-0.39, 0.29) is 23.7 Å². The molecule has 148 valence electrons. The van der Waals surface area contributed by atoms with E-state index in [1.54, 1.807) is 4.90 Å². The highest BCUT2D eigenvalue weighted by Gasteiger charge is 2.51. The molecule has 0 radical (unpaired) electrons. The quantitative estimate of drug-likeness (QED) is 0.771. The molecule has 3 fully saturated rings. The normalized spacial score (nSPS) is 28.1. The Kier molecular flexibility index (Phi) is 4.40. The van der Waals surface area contributed by atoms with E-state index in [1.807, 2.05) is 0 Å². The van der Waals surface area contributed by atoms with E-state index in [2.05, 4.69) is 5.10 Å². The fraction of sp³-hybridized carbons (Fsp3) is 0.706. The molecule has 27 heavy (non-hydrogen) atoms. The number of aromatic nitrogens is 2. The lowest BCUT2D eigenvalue weighted by Crippen LogP contribution is -2.50. The summed E-state index contributed by atoms with van der Waals surface area (Å²) in [5.74, 6) is -0.742. The van der Waals surface area contributed by atoms with Crippen molar-refractivity contribution in [3.63, 3.8) is 0 Å². The average Bonchev–Trinajstić information content (AvgIpc) is 3.35. The van der Waals surface area contributed by atoms with E-state index in [9.17, 15) is 22.8 Å². The van der Waals surface area contributed by atoms with Crippen LogP contribution in [0.2, 0.25) is 0 Å². The number of carbonyl (C=O) groups excluding carboxylic acids is 2. The predicted molar refractivity (Wildman–Crippen MR) is 86.7 cm³/mol. The Bertz CT molecular complexity index is 757. The molecule has 10 heteroatoms. The van der Waals surface area contributed by atoms with Crippen LogP contribution in [0.5, 0.6) is 0 Å². The summed E-state index contributed by atoms with van der Waals surface area (Å²) in [6.45, 7) is 1.78. The van der Waals surface area contributed by atoms with Gasteiger partial charge in [0.2, 0.25) is 5.91 Å². The van der Waals surface area contributed by atoms with Crippen LogP contribution in [0.3, 0.4) is 0 Å². The summed E-state index contributed by atoms with van der Waals surface area (Å²) >= 11 is 0. The first-order chi connectivity index (χ1) is 12.8. The molecule has 0 aliphatic carbocycles. The Labute approximate surface area is 154 Å². The molecule has 4 heterocycles. The van der Waals surface area contributed by atoms with Crippen LogP contribution in [-0.2, 0) is 22.8 Å². The summed E-state index contributed by atoms with van der Waals surface area (Å²) in [6, 6.07) is -0.239.